The summed E-state index contributed by atoms with van der Waals surface area (Å²) in [5.74, 6) is -0.156. The molecule has 2 fully saturated rings. The highest BCUT2D eigenvalue weighted by Crippen LogP contribution is 2.39. The van der Waals surface area contributed by atoms with Gasteiger partial charge in [-0.15, -0.1) is 0 Å². The van der Waals surface area contributed by atoms with Gasteiger partial charge in [-0.25, -0.2) is 4.39 Å². The molecule has 0 radical (unpaired) electrons. The molecule has 2 saturated heterocycles. The lowest BCUT2D eigenvalue weighted by atomic mass is 9.80. The first kappa shape index (κ1) is 13.1. The lowest BCUT2D eigenvalue weighted by Gasteiger charge is -2.51. The van der Waals surface area contributed by atoms with Gasteiger partial charge in [0.05, 0.1) is 0 Å². The number of rotatable bonds is 2. The number of nitrogens with two attached hydrogens (primary N) is 1. The van der Waals surface area contributed by atoms with Gasteiger partial charge < -0.3 is 5.73 Å². The van der Waals surface area contributed by atoms with Crippen LogP contribution in [-0.4, -0.2) is 23.0 Å². The van der Waals surface area contributed by atoms with Gasteiger partial charge in [0.25, 0.3) is 0 Å². The number of hydrogen-bond donors (Lipinski definition) is 1. The Hall–Kier alpha value is -0.930. The fraction of sp³-hybridized carbons (Fsp3) is 0.625. The van der Waals surface area contributed by atoms with Gasteiger partial charge in [0.2, 0.25) is 0 Å². The minimum atomic E-state index is -0.156. The van der Waals surface area contributed by atoms with E-state index in [1.54, 1.807) is 12.1 Å². The number of fused-ring (bicyclic) bond motifs is 2. The molecule has 2 heterocycles. The van der Waals surface area contributed by atoms with Crippen molar-refractivity contribution in [3.8, 4) is 0 Å². The Balaban J connectivity index is 1.82. The van der Waals surface area contributed by atoms with Gasteiger partial charge in [0.1, 0.15) is 5.82 Å². The molecule has 0 aromatic heterocycles. The summed E-state index contributed by atoms with van der Waals surface area (Å²) < 4.78 is 13.0. The lowest BCUT2D eigenvalue weighted by molar-refractivity contribution is -0.000526. The molecule has 0 amide bonds. The van der Waals surface area contributed by atoms with Gasteiger partial charge in [0, 0.05) is 24.2 Å². The summed E-state index contributed by atoms with van der Waals surface area (Å²) in [7, 11) is 0. The average Bonchev–Trinajstić information content (AvgIpc) is 2.37. The van der Waals surface area contributed by atoms with Crippen LogP contribution < -0.4 is 5.73 Å². The van der Waals surface area contributed by atoms with Crippen molar-refractivity contribution < 1.29 is 4.39 Å². The van der Waals surface area contributed by atoms with Crippen LogP contribution >= 0.6 is 0 Å². The Bertz CT molecular complexity index is 417. The number of nitrogens with zero attached hydrogens (tertiary/aromatic N) is 1. The van der Waals surface area contributed by atoms with E-state index in [1.807, 2.05) is 12.1 Å². The van der Waals surface area contributed by atoms with Crippen LogP contribution in [0.5, 0.6) is 0 Å². The van der Waals surface area contributed by atoms with Crippen LogP contribution in [0.15, 0.2) is 24.3 Å². The predicted octanol–water partition coefficient (Wildman–Crippen LogP) is 3.23. The maximum Gasteiger partial charge on any atom is 0.123 e. The molecule has 2 bridgehead atoms. The quantitative estimate of drug-likeness (QED) is 0.886. The average molecular weight is 262 g/mol. The first-order valence-corrected chi connectivity index (χ1v) is 7.43. The zero-order chi connectivity index (χ0) is 13.4. The molecule has 2 aliphatic rings. The predicted molar refractivity (Wildman–Crippen MR) is 75.3 cm³/mol. The summed E-state index contributed by atoms with van der Waals surface area (Å²) in [6.45, 7) is 2.25. The van der Waals surface area contributed by atoms with Crippen LogP contribution in [0.25, 0.3) is 0 Å². The second-order valence-corrected chi connectivity index (χ2v) is 6.14. The third-order valence-corrected chi connectivity index (χ3v) is 4.87. The highest BCUT2D eigenvalue weighted by atomic mass is 19.1. The van der Waals surface area contributed by atoms with E-state index in [2.05, 4.69) is 11.8 Å². The topological polar surface area (TPSA) is 29.3 Å². The molecule has 0 spiro atoms. The van der Waals surface area contributed by atoms with Crippen molar-refractivity contribution in [3.63, 3.8) is 0 Å². The minimum absolute atomic E-state index is 0.156. The highest BCUT2D eigenvalue weighted by Gasteiger charge is 2.39. The van der Waals surface area contributed by atoms with Gasteiger partial charge in [-0.3, -0.25) is 4.90 Å². The van der Waals surface area contributed by atoms with E-state index in [0.29, 0.717) is 24.2 Å². The molecule has 2 N–H and O–H groups in total. The van der Waals surface area contributed by atoms with Crippen molar-refractivity contribution >= 4 is 0 Å². The molecule has 104 valence electrons. The van der Waals surface area contributed by atoms with Crippen LogP contribution in [0.2, 0.25) is 0 Å². The van der Waals surface area contributed by atoms with Gasteiger partial charge >= 0.3 is 0 Å². The third-order valence-electron chi connectivity index (χ3n) is 4.87. The molecule has 0 saturated carbocycles. The summed E-state index contributed by atoms with van der Waals surface area (Å²) >= 11 is 0. The molecule has 3 unspecified atom stereocenters. The largest absolute Gasteiger partial charge is 0.328 e. The van der Waals surface area contributed by atoms with Crippen LogP contribution in [0, 0.1) is 5.82 Å². The monoisotopic (exact) mass is 262 g/mol. The number of benzene rings is 1. The minimum Gasteiger partial charge on any atom is -0.328 e. The summed E-state index contributed by atoms with van der Waals surface area (Å²) in [6, 6.07) is 8.93. The molecule has 1 aromatic carbocycles. The second kappa shape index (κ2) is 5.22. The maximum atomic E-state index is 13.0. The van der Waals surface area contributed by atoms with Crippen molar-refractivity contribution in [2.45, 2.75) is 63.2 Å². The van der Waals surface area contributed by atoms with Gasteiger partial charge in [-0.2, -0.15) is 0 Å². The molecule has 2 aliphatic heterocycles. The van der Waals surface area contributed by atoms with Crippen molar-refractivity contribution in [2.75, 3.05) is 0 Å². The van der Waals surface area contributed by atoms with Crippen LogP contribution in [0.4, 0.5) is 4.39 Å². The summed E-state index contributed by atoms with van der Waals surface area (Å²) in [5, 5.41) is 0. The Kier molecular flexibility index (Phi) is 3.59. The smallest absolute Gasteiger partial charge is 0.123 e. The fourth-order valence-corrected chi connectivity index (χ4v) is 4.01. The van der Waals surface area contributed by atoms with Crippen LogP contribution in [0.1, 0.15) is 50.6 Å². The molecule has 19 heavy (non-hydrogen) atoms. The van der Waals surface area contributed by atoms with E-state index < -0.39 is 0 Å². The van der Waals surface area contributed by atoms with Crippen molar-refractivity contribution in [2.24, 2.45) is 5.73 Å². The van der Waals surface area contributed by atoms with Gasteiger partial charge in [-0.05, 0) is 50.3 Å². The van der Waals surface area contributed by atoms with Crippen LogP contribution in [0.3, 0.4) is 0 Å². The van der Waals surface area contributed by atoms with E-state index in [1.165, 1.54) is 24.8 Å². The zero-order valence-corrected chi connectivity index (χ0v) is 11.6. The highest BCUT2D eigenvalue weighted by molar-refractivity contribution is 5.20. The Labute approximate surface area is 114 Å². The molecule has 1 aromatic rings. The molecule has 3 rings (SSSR count). The standard InChI is InChI=1S/C16H23FN2/c1-11(12-5-7-13(17)8-6-12)19-15-3-2-4-16(19)10-14(18)9-15/h5-8,11,14-16H,2-4,9-10,18H2,1H3. The molecule has 3 atom stereocenters. The van der Waals surface area contributed by atoms with Gasteiger partial charge in [0.15, 0.2) is 0 Å². The summed E-state index contributed by atoms with van der Waals surface area (Å²) in [4.78, 5) is 2.64. The SMILES string of the molecule is CC(c1ccc(F)cc1)N1C2CCCC1CC(N)C2. The van der Waals surface area contributed by atoms with E-state index in [-0.39, 0.29) is 5.82 Å². The Morgan fingerprint density at radius 2 is 1.74 bits per heavy atom. The zero-order valence-electron chi connectivity index (χ0n) is 11.6. The number of halogens is 1. The van der Waals surface area contributed by atoms with E-state index in [0.717, 1.165) is 12.8 Å². The number of hydrogen-bond acceptors (Lipinski definition) is 2. The van der Waals surface area contributed by atoms with Gasteiger partial charge in [-0.1, -0.05) is 18.6 Å². The number of piperidine rings is 2. The van der Waals surface area contributed by atoms with Crippen molar-refractivity contribution in [1.82, 2.24) is 4.90 Å². The summed E-state index contributed by atoms with van der Waals surface area (Å²) in [6.07, 6.45) is 6.07. The van der Waals surface area contributed by atoms with E-state index in [4.69, 9.17) is 5.73 Å². The molecule has 2 nitrogen and oxygen atoms in total. The molecule has 0 aliphatic carbocycles. The second-order valence-electron chi connectivity index (χ2n) is 6.14. The molecule has 3 heteroatoms. The molecular formula is C16H23FN2. The van der Waals surface area contributed by atoms with E-state index in [9.17, 15) is 4.39 Å². The van der Waals surface area contributed by atoms with Crippen molar-refractivity contribution in [3.05, 3.63) is 35.6 Å². The first-order chi connectivity index (χ1) is 9.15. The lowest BCUT2D eigenvalue weighted by Crippen LogP contribution is -2.55. The Morgan fingerprint density at radius 1 is 1.16 bits per heavy atom. The summed E-state index contributed by atoms with van der Waals surface area (Å²) in [5.41, 5.74) is 7.39. The van der Waals surface area contributed by atoms with Crippen LogP contribution in [-0.2, 0) is 0 Å². The maximum absolute atomic E-state index is 13.0. The van der Waals surface area contributed by atoms with E-state index >= 15 is 0 Å². The third kappa shape index (κ3) is 2.54. The first-order valence-electron chi connectivity index (χ1n) is 7.43. The van der Waals surface area contributed by atoms with Crippen molar-refractivity contribution in [1.29, 1.82) is 0 Å². The normalized spacial score (nSPS) is 33.1. The molecular weight excluding hydrogens is 239 g/mol. The fourth-order valence-electron chi connectivity index (χ4n) is 4.01. The Morgan fingerprint density at radius 3 is 2.32 bits per heavy atom.